The highest BCUT2D eigenvalue weighted by Crippen LogP contribution is 2.14. The number of imide groups is 1. The molecule has 0 saturated heterocycles. The van der Waals surface area contributed by atoms with Crippen LogP contribution in [-0.4, -0.2) is 19.2 Å². The Morgan fingerprint density at radius 3 is 2.33 bits per heavy atom. The van der Waals surface area contributed by atoms with Crippen LogP contribution in [0.2, 0.25) is 0 Å². The zero-order chi connectivity index (χ0) is 11.3. The summed E-state index contributed by atoms with van der Waals surface area (Å²) < 4.78 is 4.94. The number of hydrogen-bond acceptors (Lipinski definition) is 3. The Morgan fingerprint density at radius 2 is 1.87 bits per heavy atom. The van der Waals surface area contributed by atoms with E-state index < -0.39 is 12.1 Å². The van der Waals surface area contributed by atoms with Gasteiger partial charge >= 0.3 is 12.1 Å². The maximum atomic E-state index is 11.0. The van der Waals surface area contributed by atoms with Gasteiger partial charge in [0.2, 0.25) is 0 Å². The van der Waals surface area contributed by atoms with Crippen LogP contribution in [0, 0.1) is 0 Å². The molecule has 0 aromatic heterocycles. The fourth-order valence-electron chi connectivity index (χ4n) is 0.949. The summed E-state index contributed by atoms with van der Waals surface area (Å²) in [5, 5.41) is 4.30. The number of anilines is 1. The number of benzene rings is 1. The molecule has 0 spiro atoms. The lowest BCUT2D eigenvalue weighted by atomic mass is 10.3. The van der Waals surface area contributed by atoms with Crippen molar-refractivity contribution < 1.29 is 14.3 Å². The lowest BCUT2D eigenvalue weighted by molar-refractivity contribution is 0.238. The molecule has 15 heavy (non-hydrogen) atoms. The summed E-state index contributed by atoms with van der Waals surface area (Å²) in [4.78, 5) is 21.4. The van der Waals surface area contributed by atoms with Crippen LogP contribution in [0.15, 0.2) is 24.3 Å². The topological polar surface area (TPSA) is 93.4 Å². The molecule has 6 nitrogen and oxygen atoms in total. The molecule has 0 radical (unpaired) electrons. The van der Waals surface area contributed by atoms with E-state index in [-0.39, 0.29) is 0 Å². The smallest absolute Gasteiger partial charge is 0.327 e. The third-order valence-electron chi connectivity index (χ3n) is 1.58. The number of methoxy groups -OCH3 is 1. The van der Waals surface area contributed by atoms with Gasteiger partial charge in [-0.1, -0.05) is 0 Å². The number of nitrogens with two attached hydrogens (primary N) is 1. The van der Waals surface area contributed by atoms with E-state index in [1.807, 2.05) is 5.32 Å². The zero-order valence-corrected chi connectivity index (χ0v) is 8.11. The van der Waals surface area contributed by atoms with Gasteiger partial charge in [0.1, 0.15) is 5.75 Å². The maximum absolute atomic E-state index is 11.0. The first kappa shape index (κ1) is 10.8. The number of nitrogens with one attached hydrogen (secondary N) is 2. The molecule has 0 aliphatic heterocycles. The highest BCUT2D eigenvalue weighted by molar-refractivity contribution is 6.00. The molecule has 0 aliphatic carbocycles. The molecule has 0 heterocycles. The summed E-state index contributed by atoms with van der Waals surface area (Å²) in [5.74, 6) is 0.677. The van der Waals surface area contributed by atoms with Crippen molar-refractivity contribution in [3.8, 4) is 5.75 Å². The second-order valence-corrected chi connectivity index (χ2v) is 2.67. The molecule has 6 heteroatoms. The van der Waals surface area contributed by atoms with Gasteiger partial charge in [-0.3, -0.25) is 5.32 Å². The first-order chi connectivity index (χ1) is 7.11. The second kappa shape index (κ2) is 4.85. The van der Waals surface area contributed by atoms with Crippen LogP contribution in [0.5, 0.6) is 5.75 Å². The minimum absolute atomic E-state index is 0.537. The van der Waals surface area contributed by atoms with Gasteiger partial charge in [0, 0.05) is 5.69 Å². The van der Waals surface area contributed by atoms with Gasteiger partial charge < -0.3 is 15.8 Å². The lowest BCUT2D eigenvalue weighted by Crippen LogP contribution is -2.38. The van der Waals surface area contributed by atoms with Crippen LogP contribution in [0.1, 0.15) is 0 Å². The Labute approximate surface area is 86.4 Å². The van der Waals surface area contributed by atoms with Gasteiger partial charge in [0.15, 0.2) is 0 Å². The standard InChI is InChI=1S/C9H11N3O3/c1-15-7-4-2-6(3-5-7)11-9(14)12-8(10)13/h2-5H,1H3,(H4,10,11,12,13,14). The zero-order valence-electron chi connectivity index (χ0n) is 8.11. The van der Waals surface area contributed by atoms with Crippen molar-refractivity contribution in [2.75, 3.05) is 12.4 Å². The van der Waals surface area contributed by atoms with Crippen LogP contribution in [-0.2, 0) is 0 Å². The van der Waals surface area contributed by atoms with Crippen molar-refractivity contribution in [1.29, 1.82) is 0 Å². The molecule has 0 fully saturated rings. The van der Waals surface area contributed by atoms with Crippen molar-refractivity contribution in [1.82, 2.24) is 5.32 Å². The van der Waals surface area contributed by atoms with Crippen LogP contribution in [0.4, 0.5) is 15.3 Å². The van der Waals surface area contributed by atoms with Crippen molar-refractivity contribution in [3.05, 3.63) is 24.3 Å². The predicted octanol–water partition coefficient (Wildman–Crippen LogP) is 0.895. The van der Waals surface area contributed by atoms with E-state index in [0.29, 0.717) is 11.4 Å². The summed E-state index contributed by atoms with van der Waals surface area (Å²) in [5.41, 5.74) is 5.30. The third-order valence-corrected chi connectivity index (χ3v) is 1.58. The predicted molar refractivity (Wildman–Crippen MR) is 54.7 cm³/mol. The van der Waals surface area contributed by atoms with E-state index in [0.717, 1.165) is 0 Å². The van der Waals surface area contributed by atoms with Gasteiger partial charge in [-0.2, -0.15) is 0 Å². The highest BCUT2D eigenvalue weighted by atomic mass is 16.5. The molecule has 0 unspecified atom stereocenters. The fourth-order valence-corrected chi connectivity index (χ4v) is 0.949. The van der Waals surface area contributed by atoms with Crippen LogP contribution in [0.25, 0.3) is 0 Å². The average Bonchev–Trinajstić information content (AvgIpc) is 2.17. The number of urea groups is 2. The van der Waals surface area contributed by atoms with E-state index in [1.165, 1.54) is 0 Å². The molecule has 4 amide bonds. The van der Waals surface area contributed by atoms with E-state index in [9.17, 15) is 9.59 Å². The summed E-state index contributed by atoms with van der Waals surface area (Å²) in [7, 11) is 1.54. The van der Waals surface area contributed by atoms with Gasteiger partial charge in [0.25, 0.3) is 0 Å². The second-order valence-electron chi connectivity index (χ2n) is 2.67. The number of carbonyl (C=O) groups excluding carboxylic acids is 2. The summed E-state index contributed by atoms with van der Waals surface area (Å²) in [6.07, 6.45) is 0. The van der Waals surface area contributed by atoms with Crippen LogP contribution < -0.4 is 21.1 Å². The Kier molecular flexibility index (Phi) is 3.50. The van der Waals surface area contributed by atoms with E-state index >= 15 is 0 Å². The van der Waals surface area contributed by atoms with Crippen LogP contribution in [0.3, 0.4) is 0 Å². The van der Waals surface area contributed by atoms with Crippen molar-refractivity contribution in [3.63, 3.8) is 0 Å². The minimum Gasteiger partial charge on any atom is -0.497 e. The van der Waals surface area contributed by atoms with Crippen molar-refractivity contribution in [2.24, 2.45) is 5.73 Å². The Bertz CT molecular complexity index is 361. The van der Waals surface area contributed by atoms with Crippen LogP contribution >= 0.6 is 0 Å². The third kappa shape index (κ3) is 3.55. The van der Waals surface area contributed by atoms with Crippen molar-refractivity contribution in [2.45, 2.75) is 0 Å². The molecule has 1 aromatic rings. The number of amides is 4. The molecule has 0 bridgehead atoms. The van der Waals surface area contributed by atoms with E-state index in [4.69, 9.17) is 10.5 Å². The molecule has 1 aromatic carbocycles. The monoisotopic (exact) mass is 209 g/mol. The quantitative estimate of drug-likeness (QED) is 0.675. The van der Waals surface area contributed by atoms with Gasteiger partial charge in [-0.25, -0.2) is 9.59 Å². The molecule has 1 rings (SSSR count). The number of rotatable bonds is 2. The fraction of sp³-hybridized carbons (Fsp3) is 0.111. The van der Waals surface area contributed by atoms with Gasteiger partial charge in [-0.15, -0.1) is 0 Å². The summed E-state index contributed by atoms with van der Waals surface area (Å²) >= 11 is 0. The Morgan fingerprint density at radius 1 is 1.27 bits per heavy atom. The SMILES string of the molecule is COc1ccc(NC(=O)NC(N)=O)cc1. The molecule has 0 saturated carbocycles. The summed E-state index contributed by atoms with van der Waals surface area (Å²) in [6, 6.07) is 5.06. The van der Waals surface area contributed by atoms with Crippen molar-refractivity contribution >= 4 is 17.7 Å². The molecular weight excluding hydrogens is 198 g/mol. The molecule has 0 aliphatic rings. The van der Waals surface area contributed by atoms with Gasteiger partial charge in [-0.05, 0) is 24.3 Å². The molecular formula is C9H11N3O3. The number of hydrogen-bond donors (Lipinski definition) is 3. The Balaban J connectivity index is 2.57. The summed E-state index contributed by atoms with van der Waals surface area (Å²) in [6.45, 7) is 0. The van der Waals surface area contributed by atoms with Gasteiger partial charge in [0.05, 0.1) is 7.11 Å². The molecule has 0 atom stereocenters. The lowest BCUT2D eigenvalue weighted by Gasteiger charge is -2.05. The minimum atomic E-state index is -0.902. The number of primary amides is 1. The normalized spacial score (nSPS) is 9.13. The number of ether oxygens (including phenoxy) is 1. The number of carbonyl (C=O) groups is 2. The highest BCUT2D eigenvalue weighted by Gasteiger charge is 2.03. The maximum Gasteiger partial charge on any atom is 0.327 e. The van der Waals surface area contributed by atoms with E-state index in [1.54, 1.807) is 31.4 Å². The van der Waals surface area contributed by atoms with E-state index in [2.05, 4.69) is 5.32 Å². The largest absolute Gasteiger partial charge is 0.497 e. The Hall–Kier alpha value is -2.24. The molecule has 80 valence electrons. The first-order valence-electron chi connectivity index (χ1n) is 4.13. The first-order valence-corrected chi connectivity index (χ1v) is 4.13. The average molecular weight is 209 g/mol. The molecule has 4 N–H and O–H groups in total.